The highest BCUT2D eigenvalue weighted by atomic mass is 16.2. The first-order valence-corrected chi connectivity index (χ1v) is 9.00. The van der Waals surface area contributed by atoms with Gasteiger partial charge in [-0.3, -0.25) is 4.79 Å². The zero-order valence-corrected chi connectivity index (χ0v) is 14.3. The molecule has 1 aromatic carbocycles. The topological polar surface area (TPSA) is 98.9 Å². The minimum atomic E-state index is -0.192. The molecular weight excluding hydrogens is 318 g/mol. The number of urea groups is 1. The molecule has 7 heteroatoms. The van der Waals surface area contributed by atoms with Gasteiger partial charge in [-0.15, -0.1) is 0 Å². The molecule has 0 bridgehead atoms. The van der Waals surface area contributed by atoms with Crippen LogP contribution in [0.2, 0.25) is 0 Å². The fourth-order valence-corrected chi connectivity index (χ4v) is 3.23. The molecule has 1 heterocycles. The number of nitrogens with zero attached hydrogens (tertiary/aromatic N) is 1. The summed E-state index contributed by atoms with van der Waals surface area (Å²) in [4.78, 5) is 23.6. The van der Waals surface area contributed by atoms with E-state index >= 15 is 0 Å². The predicted octanol–water partition coefficient (Wildman–Crippen LogP) is 2.36. The maximum Gasteiger partial charge on any atom is 0.315 e. The molecule has 1 fully saturated rings. The van der Waals surface area contributed by atoms with Crippen molar-refractivity contribution < 1.29 is 4.79 Å². The first-order valence-electron chi connectivity index (χ1n) is 9.00. The lowest BCUT2D eigenvalue weighted by atomic mass is 9.96. The van der Waals surface area contributed by atoms with Crippen molar-refractivity contribution in [1.29, 1.82) is 0 Å². The summed E-state index contributed by atoms with van der Waals surface area (Å²) in [7, 11) is 0. The molecule has 0 saturated heterocycles. The molecule has 0 aliphatic heterocycles. The van der Waals surface area contributed by atoms with Crippen LogP contribution in [0.3, 0.4) is 0 Å². The second-order valence-electron chi connectivity index (χ2n) is 6.46. The third-order valence-corrected chi connectivity index (χ3v) is 4.57. The van der Waals surface area contributed by atoms with Crippen LogP contribution in [0.15, 0.2) is 29.1 Å². The van der Waals surface area contributed by atoms with Gasteiger partial charge in [-0.05, 0) is 25.3 Å². The highest BCUT2D eigenvalue weighted by Crippen LogP contribution is 2.17. The normalized spacial score (nSPS) is 15.0. The van der Waals surface area contributed by atoms with E-state index in [1.54, 1.807) is 6.07 Å². The van der Waals surface area contributed by atoms with Crippen molar-refractivity contribution in [2.45, 2.75) is 44.6 Å². The van der Waals surface area contributed by atoms with Crippen molar-refractivity contribution in [3.8, 4) is 0 Å². The smallest absolute Gasteiger partial charge is 0.315 e. The lowest BCUT2D eigenvalue weighted by Gasteiger charge is -2.22. The second-order valence-corrected chi connectivity index (χ2v) is 6.46. The molecule has 0 spiro atoms. The fraction of sp³-hybridized carbons (Fsp3) is 0.500. The average molecular weight is 343 g/mol. The van der Waals surface area contributed by atoms with E-state index in [-0.39, 0.29) is 11.6 Å². The van der Waals surface area contributed by atoms with Gasteiger partial charge in [-0.2, -0.15) is 5.10 Å². The standard InChI is InChI=1S/C18H25N5O2/c24-17-15-10-5-4-9-14(15)16(22-23-17)19-11-6-12-20-18(25)21-13-7-2-1-3-8-13/h4-5,9-10,13H,1-3,6-8,11-12H2,(H,19,22)(H,23,24)(H2,20,21,25). The van der Waals surface area contributed by atoms with Gasteiger partial charge in [-0.1, -0.05) is 37.5 Å². The summed E-state index contributed by atoms with van der Waals surface area (Å²) in [6, 6.07) is 7.60. The first-order chi connectivity index (χ1) is 12.2. The number of hydrogen-bond acceptors (Lipinski definition) is 4. The molecular formula is C18H25N5O2. The van der Waals surface area contributed by atoms with Crippen molar-refractivity contribution in [2.75, 3.05) is 18.4 Å². The summed E-state index contributed by atoms with van der Waals surface area (Å²) >= 11 is 0. The highest BCUT2D eigenvalue weighted by molar-refractivity contribution is 5.90. The maximum absolute atomic E-state index is 11.9. The van der Waals surface area contributed by atoms with Crippen LogP contribution < -0.4 is 21.5 Å². The summed E-state index contributed by atoms with van der Waals surface area (Å²) in [6.07, 6.45) is 6.62. The van der Waals surface area contributed by atoms with Gasteiger partial charge in [0.1, 0.15) is 0 Å². The highest BCUT2D eigenvalue weighted by Gasteiger charge is 2.15. The SMILES string of the molecule is O=C(NCCCNc1n[nH]c(=O)c2ccccc12)NC1CCCCC1. The van der Waals surface area contributed by atoms with Gasteiger partial charge in [0.15, 0.2) is 5.82 Å². The molecule has 2 amide bonds. The number of hydrogen-bond donors (Lipinski definition) is 4. The van der Waals surface area contributed by atoms with Crippen LogP contribution >= 0.6 is 0 Å². The van der Waals surface area contributed by atoms with Gasteiger partial charge in [-0.25, -0.2) is 9.89 Å². The number of nitrogens with one attached hydrogen (secondary N) is 4. The predicted molar refractivity (Wildman–Crippen MR) is 98.9 cm³/mol. The average Bonchev–Trinajstić information content (AvgIpc) is 2.64. The Morgan fingerprint density at radius 1 is 1.12 bits per heavy atom. The van der Waals surface area contributed by atoms with Crippen LogP contribution in [0.5, 0.6) is 0 Å². The number of carbonyl (C=O) groups is 1. The van der Waals surface area contributed by atoms with E-state index < -0.39 is 0 Å². The molecule has 2 aromatic rings. The van der Waals surface area contributed by atoms with Gasteiger partial charge >= 0.3 is 6.03 Å². The number of aromatic amines is 1. The molecule has 0 radical (unpaired) electrons. The van der Waals surface area contributed by atoms with E-state index in [9.17, 15) is 9.59 Å². The molecule has 1 aliphatic rings. The number of fused-ring (bicyclic) bond motifs is 1. The molecule has 0 atom stereocenters. The monoisotopic (exact) mass is 343 g/mol. The van der Waals surface area contributed by atoms with Crippen LogP contribution in [0.4, 0.5) is 10.6 Å². The minimum absolute atomic E-state index is 0.0838. The largest absolute Gasteiger partial charge is 0.368 e. The molecule has 1 aliphatic carbocycles. The zero-order chi connectivity index (χ0) is 17.5. The molecule has 1 aromatic heterocycles. The van der Waals surface area contributed by atoms with Gasteiger partial charge in [0.05, 0.1) is 5.39 Å². The van der Waals surface area contributed by atoms with E-state index in [2.05, 4.69) is 26.1 Å². The quantitative estimate of drug-likeness (QED) is 0.605. The molecule has 134 valence electrons. The number of aromatic nitrogens is 2. The molecule has 1 saturated carbocycles. The lowest BCUT2D eigenvalue weighted by Crippen LogP contribution is -2.43. The van der Waals surface area contributed by atoms with Gasteiger partial charge < -0.3 is 16.0 Å². The van der Waals surface area contributed by atoms with Crippen LogP contribution in [0.25, 0.3) is 10.8 Å². The van der Waals surface area contributed by atoms with Crippen LogP contribution in [-0.2, 0) is 0 Å². The Hall–Kier alpha value is -2.57. The number of anilines is 1. The van der Waals surface area contributed by atoms with E-state index in [0.29, 0.717) is 30.3 Å². The Morgan fingerprint density at radius 3 is 2.68 bits per heavy atom. The summed E-state index contributed by atoms with van der Waals surface area (Å²) in [5, 5.41) is 17.1. The Labute approximate surface area is 146 Å². The molecule has 7 nitrogen and oxygen atoms in total. The number of rotatable bonds is 6. The number of carbonyl (C=O) groups excluding carboxylic acids is 1. The third-order valence-electron chi connectivity index (χ3n) is 4.57. The van der Waals surface area contributed by atoms with Gasteiger partial charge in [0.2, 0.25) is 0 Å². The zero-order valence-electron chi connectivity index (χ0n) is 14.3. The first kappa shape index (κ1) is 17.3. The van der Waals surface area contributed by atoms with E-state index in [0.717, 1.165) is 24.6 Å². The third kappa shape index (κ3) is 4.71. The van der Waals surface area contributed by atoms with Crippen molar-refractivity contribution in [1.82, 2.24) is 20.8 Å². The van der Waals surface area contributed by atoms with Crippen LogP contribution in [0.1, 0.15) is 38.5 Å². The number of H-pyrrole nitrogens is 1. The summed E-state index contributed by atoms with van der Waals surface area (Å²) in [5.41, 5.74) is -0.192. The van der Waals surface area contributed by atoms with E-state index in [1.807, 2.05) is 18.2 Å². The van der Waals surface area contributed by atoms with E-state index in [1.165, 1.54) is 19.3 Å². The number of amides is 2. The summed E-state index contributed by atoms with van der Waals surface area (Å²) in [6.45, 7) is 1.25. The molecule has 25 heavy (non-hydrogen) atoms. The second kappa shape index (κ2) is 8.50. The Bertz CT molecular complexity index is 767. The Morgan fingerprint density at radius 2 is 1.88 bits per heavy atom. The van der Waals surface area contributed by atoms with Crippen molar-refractivity contribution >= 4 is 22.6 Å². The van der Waals surface area contributed by atoms with Gasteiger partial charge in [0, 0.05) is 24.5 Å². The Kier molecular flexibility index (Phi) is 5.87. The minimum Gasteiger partial charge on any atom is -0.368 e. The lowest BCUT2D eigenvalue weighted by molar-refractivity contribution is 0.232. The maximum atomic E-state index is 11.9. The summed E-state index contributed by atoms with van der Waals surface area (Å²) in [5.74, 6) is 0.654. The van der Waals surface area contributed by atoms with Crippen molar-refractivity contribution in [3.63, 3.8) is 0 Å². The molecule has 4 N–H and O–H groups in total. The van der Waals surface area contributed by atoms with Crippen LogP contribution in [0, 0.1) is 0 Å². The fourth-order valence-electron chi connectivity index (χ4n) is 3.23. The van der Waals surface area contributed by atoms with Crippen molar-refractivity contribution in [2.24, 2.45) is 0 Å². The van der Waals surface area contributed by atoms with E-state index in [4.69, 9.17) is 0 Å². The molecule has 0 unspecified atom stereocenters. The molecule has 3 rings (SSSR count). The number of benzene rings is 1. The van der Waals surface area contributed by atoms with Gasteiger partial charge in [0.25, 0.3) is 5.56 Å². The summed E-state index contributed by atoms with van der Waals surface area (Å²) < 4.78 is 0. The van der Waals surface area contributed by atoms with Crippen LogP contribution in [-0.4, -0.2) is 35.4 Å². The Balaban J connectivity index is 1.41. The van der Waals surface area contributed by atoms with Crippen molar-refractivity contribution in [3.05, 3.63) is 34.6 Å².